The molecule has 0 aliphatic rings. The lowest BCUT2D eigenvalue weighted by atomic mass is 10.2. The van der Waals surface area contributed by atoms with Gasteiger partial charge in [-0.05, 0) is 30.3 Å². The molecule has 0 aliphatic heterocycles. The van der Waals surface area contributed by atoms with Crippen molar-refractivity contribution in [3.63, 3.8) is 0 Å². The van der Waals surface area contributed by atoms with Crippen LogP contribution in [0.2, 0.25) is 5.02 Å². The van der Waals surface area contributed by atoms with Crippen LogP contribution in [-0.2, 0) is 16.6 Å². The van der Waals surface area contributed by atoms with E-state index in [9.17, 15) is 8.42 Å². The molecule has 0 aliphatic carbocycles. The number of nitrogens with one attached hydrogen (secondary N) is 1. The average molecular weight is 315 g/mol. The number of hydrogen-bond donors (Lipinski definition) is 1. The minimum absolute atomic E-state index is 0.0595. The topological polar surface area (TPSA) is 49.4 Å². The van der Waals surface area contributed by atoms with E-state index in [2.05, 4.69) is 11.2 Å². The summed E-state index contributed by atoms with van der Waals surface area (Å²) in [7, 11) is -3.57. The van der Waals surface area contributed by atoms with Crippen molar-refractivity contribution in [1.29, 1.82) is 0 Å². The summed E-state index contributed by atoms with van der Waals surface area (Å²) in [4.78, 5) is 0.215. The quantitative estimate of drug-likeness (QED) is 0.784. The number of halogens is 1. The van der Waals surface area contributed by atoms with Gasteiger partial charge in [0.05, 0.1) is 11.4 Å². The highest BCUT2D eigenvalue weighted by Crippen LogP contribution is 2.22. The molecule has 0 bridgehead atoms. The van der Waals surface area contributed by atoms with E-state index in [1.54, 1.807) is 19.1 Å². The van der Waals surface area contributed by atoms with Crippen molar-refractivity contribution in [2.24, 2.45) is 0 Å². The number of benzene rings is 1. The number of nitrogens with zero attached hydrogens (tertiary/aromatic N) is 1. The Bertz CT molecular complexity index is 594. The Morgan fingerprint density at radius 3 is 2.65 bits per heavy atom. The predicted molar refractivity (Wildman–Crippen MR) is 82.1 cm³/mol. The molecule has 0 spiro atoms. The molecule has 0 amide bonds. The van der Waals surface area contributed by atoms with Crippen molar-refractivity contribution < 1.29 is 8.42 Å². The molecule has 110 valence electrons. The first-order valence-corrected chi connectivity index (χ1v) is 8.21. The second kappa shape index (κ2) is 7.65. The molecule has 6 heteroatoms. The van der Waals surface area contributed by atoms with Gasteiger partial charge in [0.25, 0.3) is 0 Å². The van der Waals surface area contributed by atoms with Gasteiger partial charge in [-0.2, -0.15) is 4.31 Å². The lowest BCUT2D eigenvalue weighted by Crippen LogP contribution is -2.31. The Morgan fingerprint density at radius 2 is 2.10 bits per heavy atom. The van der Waals surface area contributed by atoms with Gasteiger partial charge in [0, 0.05) is 18.1 Å². The molecule has 0 heterocycles. The number of hydrogen-bond acceptors (Lipinski definition) is 3. The van der Waals surface area contributed by atoms with Crippen LogP contribution >= 0.6 is 11.6 Å². The van der Waals surface area contributed by atoms with Gasteiger partial charge in [-0.3, -0.25) is 0 Å². The number of rotatable bonds is 7. The Balaban J connectivity index is 3.15. The minimum Gasteiger partial charge on any atom is -0.313 e. The zero-order valence-electron chi connectivity index (χ0n) is 11.7. The van der Waals surface area contributed by atoms with E-state index in [0.29, 0.717) is 18.1 Å². The van der Waals surface area contributed by atoms with E-state index in [1.807, 2.05) is 6.92 Å². The van der Waals surface area contributed by atoms with Crippen LogP contribution in [0.3, 0.4) is 0 Å². The van der Waals surface area contributed by atoms with E-state index >= 15 is 0 Å². The predicted octanol–water partition coefficient (Wildman–Crippen LogP) is 2.09. The summed E-state index contributed by atoms with van der Waals surface area (Å²) in [6.45, 7) is 5.43. The molecule has 0 radical (unpaired) electrons. The van der Waals surface area contributed by atoms with Crippen LogP contribution in [0.1, 0.15) is 19.4 Å². The molecule has 1 rings (SSSR count). The van der Waals surface area contributed by atoms with Crippen LogP contribution in [0.15, 0.2) is 23.1 Å². The molecule has 1 aromatic rings. The lowest BCUT2D eigenvalue weighted by molar-refractivity contribution is 0.464. The van der Waals surface area contributed by atoms with Crippen molar-refractivity contribution in [2.45, 2.75) is 25.3 Å². The van der Waals surface area contributed by atoms with Gasteiger partial charge in [0.2, 0.25) is 10.0 Å². The van der Waals surface area contributed by atoms with Gasteiger partial charge in [0.1, 0.15) is 0 Å². The van der Waals surface area contributed by atoms with Gasteiger partial charge >= 0.3 is 0 Å². The highest BCUT2D eigenvalue weighted by atomic mass is 35.5. The largest absolute Gasteiger partial charge is 0.313 e. The molecule has 4 nitrogen and oxygen atoms in total. The van der Waals surface area contributed by atoms with Crippen LogP contribution < -0.4 is 5.32 Å². The smallest absolute Gasteiger partial charge is 0.243 e. The molecule has 0 aromatic heterocycles. The average Bonchev–Trinajstić information content (AvgIpc) is 2.43. The summed E-state index contributed by atoms with van der Waals surface area (Å²) in [5.74, 6) is 2.36. The monoisotopic (exact) mass is 314 g/mol. The first-order valence-electron chi connectivity index (χ1n) is 6.40. The zero-order chi connectivity index (χ0) is 15.2. The Labute approximate surface area is 126 Å². The van der Waals surface area contributed by atoms with Gasteiger partial charge in [-0.25, -0.2) is 8.42 Å². The zero-order valence-corrected chi connectivity index (χ0v) is 13.3. The summed E-state index contributed by atoms with van der Waals surface area (Å²) in [6, 6.07) is 4.70. The summed E-state index contributed by atoms with van der Waals surface area (Å²) >= 11 is 6.08. The highest BCUT2D eigenvalue weighted by molar-refractivity contribution is 7.89. The Morgan fingerprint density at radius 1 is 1.40 bits per heavy atom. The van der Waals surface area contributed by atoms with E-state index in [0.717, 1.165) is 12.1 Å². The maximum absolute atomic E-state index is 12.5. The lowest BCUT2D eigenvalue weighted by Gasteiger charge is -2.18. The fourth-order valence-electron chi connectivity index (χ4n) is 1.72. The molecule has 20 heavy (non-hydrogen) atoms. The van der Waals surface area contributed by atoms with Crippen molar-refractivity contribution in [3.05, 3.63) is 28.8 Å². The van der Waals surface area contributed by atoms with Gasteiger partial charge in [-0.1, -0.05) is 31.4 Å². The highest BCUT2D eigenvalue weighted by Gasteiger charge is 2.22. The first-order chi connectivity index (χ1) is 9.47. The number of terminal acetylenes is 1. The molecule has 0 atom stereocenters. The third-order valence-corrected chi connectivity index (χ3v) is 5.13. The maximum atomic E-state index is 12.5. The molecule has 0 fully saturated rings. The Kier molecular flexibility index (Phi) is 6.50. The maximum Gasteiger partial charge on any atom is 0.243 e. The van der Waals surface area contributed by atoms with Crippen LogP contribution in [0.25, 0.3) is 0 Å². The molecular weight excluding hydrogens is 296 g/mol. The summed E-state index contributed by atoms with van der Waals surface area (Å²) in [6.07, 6.45) is 5.21. The molecule has 0 saturated carbocycles. The van der Waals surface area contributed by atoms with Crippen LogP contribution in [0, 0.1) is 12.3 Å². The van der Waals surface area contributed by atoms with Crippen LogP contribution in [0.4, 0.5) is 0 Å². The van der Waals surface area contributed by atoms with Crippen LogP contribution in [-0.4, -0.2) is 32.4 Å². The Hall–Kier alpha value is -1.06. The molecule has 1 aromatic carbocycles. The second-order valence-corrected chi connectivity index (χ2v) is 6.51. The molecule has 1 N–H and O–H groups in total. The van der Waals surface area contributed by atoms with Crippen molar-refractivity contribution in [2.75, 3.05) is 19.6 Å². The normalized spacial score (nSPS) is 11.6. The van der Waals surface area contributed by atoms with E-state index < -0.39 is 10.0 Å². The van der Waals surface area contributed by atoms with E-state index in [1.165, 1.54) is 10.4 Å². The van der Waals surface area contributed by atoms with Crippen molar-refractivity contribution in [3.8, 4) is 12.3 Å². The molecular formula is C14H19ClN2O2S. The molecule has 0 unspecified atom stereocenters. The second-order valence-electron chi connectivity index (χ2n) is 4.17. The summed E-state index contributed by atoms with van der Waals surface area (Å²) in [5, 5.41) is 3.67. The standard InChI is InChI=1S/C14H19ClN2O2S/c1-4-9-17(6-3)20(18,19)13-7-8-14(15)12(10-13)11-16-5-2/h1,7-8,10,16H,5-6,9,11H2,2-3H3. The third kappa shape index (κ3) is 3.97. The van der Waals surface area contributed by atoms with Crippen LogP contribution in [0.5, 0.6) is 0 Å². The fraction of sp³-hybridized carbons (Fsp3) is 0.429. The van der Waals surface area contributed by atoms with Crippen molar-refractivity contribution in [1.82, 2.24) is 9.62 Å². The summed E-state index contributed by atoms with van der Waals surface area (Å²) < 4.78 is 26.2. The fourth-order valence-corrected chi connectivity index (χ4v) is 3.32. The van der Waals surface area contributed by atoms with Gasteiger partial charge in [0.15, 0.2) is 0 Å². The van der Waals surface area contributed by atoms with E-state index in [-0.39, 0.29) is 11.4 Å². The number of sulfonamides is 1. The minimum atomic E-state index is -3.57. The third-order valence-electron chi connectivity index (χ3n) is 2.84. The molecule has 0 saturated heterocycles. The first kappa shape index (κ1) is 17.0. The van der Waals surface area contributed by atoms with Gasteiger partial charge in [-0.15, -0.1) is 6.42 Å². The van der Waals surface area contributed by atoms with E-state index in [4.69, 9.17) is 18.0 Å². The van der Waals surface area contributed by atoms with Gasteiger partial charge < -0.3 is 5.32 Å². The SMILES string of the molecule is C#CCN(CC)S(=O)(=O)c1ccc(Cl)c(CNCC)c1. The summed E-state index contributed by atoms with van der Waals surface area (Å²) in [5.41, 5.74) is 0.756. The van der Waals surface area contributed by atoms with Crippen molar-refractivity contribution >= 4 is 21.6 Å².